The van der Waals surface area contributed by atoms with Crippen molar-refractivity contribution in [2.24, 2.45) is 0 Å². The maximum absolute atomic E-state index is 11.9. The van der Waals surface area contributed by atoms with Crippen LogP contribution in [0.25, 0.3) is 0 Å². The first-order valence-corrected chi connectivity index (χ1v) is 5.62. The smallest absolute Gasteiger partial charge is 0.307 e. The Labute approximate surface area is 104 Å². The van der Waals surface area contributed by atoms with Crippen LogP contribution in [0.2, 0.25) is 0 Å². The Morgan fingerprint density at radius 1 is 1.39 bits per heavy atom. The highest BCUT2D eigenvalue weighted by molar-refractivity contribution is 6.20. The van der Waals surface area contributed by atoms with Gasteiger partial charge in [-0.1, -0.05) is 0 Å². The van der Waals surface area contributed by atoms with Gasteiger partial charge in [-0.25, -0.2) is 0 Å². The summed E-state index contributed by atoms with van der Waals surface area (Å²) in [5, 5.41) is 0. The van der Waals surface area contributed by atoms with Gasteiger partial charge in [0.05, 0.1) is 18.6 Å². The Morgan fingerprint density at radius 2 is 2.17 bits per heavy atom. The van der Waals surface area contributed by atoms with Gasteiger partial charge >= 0.3 is 5.97 Å². The highest BCUT2D eigenvalue weighted by atomic mass is 16.5. The third-order valence-corrected chi connectivity index (χ3v) is 2.58. The molecule has 2 rings (SSSR count). The zero-order valence-electron chi connectivity index (χ0n) is 9.88. The minimum Gasteiger partial charge on any atom is -0.466 e. The zero-order chi connectivity index (χ0) is 13.1. The lowest BCUT2D eigenvalue weighted by molar-refractivity contribution is -0.143. The van der Waals surface area contributed by atoms with Crippen molar-refractivity contribution in [3.63, 3.8) is 0 Å². The fourth-order valence-electron chi connectivity index (χ4n) is 1.75. The number of nitrogens with zero attached hydrogens (tertiary/aromatic N) is 2. The van der Waals surface area contributed by atoms with E-state index in [0.29, 0.717) is 0 Å². The number of carbonyl (C=O) groups excluding carboxylic acids is 3. The number of hydrogen-bond donors (Lipinski definition) is 0. The molecule has 0 bridgehead atoms. The molecule has 2 heterocycles. The summed E-state index contributed by atoms with van der Waals surface area (Å²) < 4.78 is 4.75. The molecule has 2 amide bonds. The van der Waals surface area contributed by atoms with Crippen LogP contribution in [0.1, 0.15) is 34.2 Å². The van der Waals surface area contributed by atoms with Crippen molar-refractivity contribution in [1.82, 2.24) is 9.88 Å². The molecule has 1 aliphatic rings. The number of hydrogen-bond acceptors (Lipinski definition) is 5. The molecule has 0 saturated heterocycles. The number of fused-ring (bicyclic) bond motifs is 1. The van der Waals surface area contributed by atoms with Crippen molar-refractivity contribution >= 4 is 17.8 Å². The van der Waals surface area contributed by atoms with Gasteiger partial charge in [0, 0.05) is 12.7 Å². The van der Waals surface area contributed by atoms with Gasteiger partial charge in [0.2, 0.25) is 0 Å². The molecule has 6 heteroatoms. The summed E-state index contributed by atoms with van der Waals surface area (Å²) >= 11 is 0. The van der Waals surface area contributed by atoms with E-state index in [-0.39, 0.29) is 30.8 Å². The fourth-order valence-corrected chi connectivity index (χ4v) is 1.75. The largest absolute Gasteiger partial charge is 0.466 e. The monoisotopic (exact) mass is 248 g/mol. The number of carbonyl (C=O) groups is 3. The normalized spacial score (nSPS) is 13.7. The van der Waals surface area contributed by atoms with Gasteiger partial charge < -0.3 is 4.74 Å². The van der Waals surface area contributed by atoms with Crippen LogP contribution in [-0.4, -0.2) is 40.8 Å². The maximum Gasteiger partial charge on any atom is 0.307 e. The number of pyridine rings is 1. The van der Waals surface area contributed by atoms with E-state index in [1.54, 1.807) is 19.1 Å². The standard InChI is InChI=1S/C12H12N2O4/c1-2-18-9(15)5-7-14-11(16)8-4-3-6-13-10(8)12(14)17/h3-4,6H,2,5,7H2,1H3. The fraction of sp³-hybridized carbons (Fsp3) is 0.333. The molecule has 0 radical (unpaired) electrons. The van der Waals surface area contributed by atoms with Gasteiger partial charge in [-0.05, 0) is 19.1 Å². The van der Waals surface area contributed by atoms with E-state index in [4.69, 9.17) is 4.74 Å². The molecule has 1 aromatic heterocycles. The molecule has 6 nitrogen and oxygen atoms in total. The third-order valence-electron chi connectivity index (χ3n) is 2.58. The van der Waals surface area contributed by atoms with E-state index in [1.165, 1.54) is 6.20 Å². The summed E-state index contributed by atoms with van der Waals surface area (Å²) in [6.45, 7) is 2.00. The predicted octanol–water partition coefficient (Wildman–Crippen LogP) is 0.631. The van der Waals surface area contributed by atoms with Crippen molar-refractivity contribution in [2.45, 2.75) is 13.3 Å². The quantitative estimate of drug-likeness (QED) is 0.577. The van der Waals surface area contributed by atoms with Gasteiger partial charge in [0.1, 0.15) is 5.69 Å². The topological polar surface area (TPSA) is 76.6 Å². The number of esters is 1. The van der Waals surface area contributed by atoms with Gasteiger partial charge in [-0.3, -0.25) is 24.3 Å². The van der Waals surface area contributed by atoms with Crippen LogP contribution in [-0.2, 0) is 9.53 Å². The molecule has 0 unspecified atom stereocenters. The van der Waals surface area contributed by atoms with E-state index < -0.39 is 17.8 Å². The molecule has 0 aliphatic carbocycles. The summed E-state index contributed by atoms with van der Waals surface area (Å²) in [5.74, 6) is -1.30. The van der Waals surface area contributed by atoms with Crippen molar-refractivity contribution in [3.8, 4) is 0 Å². The number of rotatable bonds is 4. The molecule has 0 spiro atoms. The first-order chi connectivity index (χ1) is 8.65. The molecule has 1 aromatic rings. The first kappa shape index (κ1) is 12.2. The SMILES string of the molecule is CCOC(=O)CCN1C(=O)c2cccnc2C1=O. The van der Waals surface area contributed by atoms with Crippen molar-refractivity contribution in [2.75, 3.05) is 13.2 Å². The Bertz CT molecular complexity index is 478. The second-order valence-electron chi connectivity index (χ2n) is 3.72. The van der Waals surface area contributed by atoms with Crippen molar-refractivity contribution in [1.29, 1.82) is 0 Å². The highest BCUT2D eigenvalue weighted by Gasteiger charge is 2.36. The molecular formula is C12H12N2O4. The lowest BCUT2D eigenvalue weighted by Gasteiger charge is -2.12. The van der Waals surface area contributed by atoms with E-state index in [0.717, 1.165) is 4.90 Å². The van der Waals surface area contributed by atoms with Crippen molar-refractivity contribution in [3.05, 3.63) is 29.6 Å². The number of aromatic nitrogens is 1. The molecule has 0 N–H and O–H groups in total. The van der Waals surface area contributed by atoms with Crippen LogP contribution in [0.3, 0.4) is 0 Å². The Kier molecular flexibility index (Phi) is 3.36. The molecule has 0 atom stereocenters. The van der Waals surface area contributed by atoms with Crippen molar-refractivity contribution < 1.29 is 19.1 Å². The predicted molar refractivity (Wildman–Crippen MR) is 60.9 cm³/mol. The summed E-state index contributed by atoms with van der Waals surface area (Å²) in [4.78, 5) is 39.9. The summed E-state index contributed by atoms with van der Waals surface area (Å²) in [6, 6.07) is 3.14. The van der Waals surface area contributed by atoms with Gasteiger partial charge in [-0.2, -0.15) is 0 Å². The van der Waals surface area contributed by atoms with Crippen LogP contribution in [0.5, 0.6) is 0 Å². The Hall–Kier alpha value is -2.24. The maximum atomic E-state index is 11.9. The molecule has 0 fully saturated rings. The third kappa shape index (κ3) is 2.09. The number of imide groups is 1. The Morgan fingerprint density at radius 3 is 2.83 bits per heavy atom. The lowest BCUT2D eigenvalue weighted by atomic mass is 10.2. The van der Waals surface area contributed by atoms with E-state index in [9.17, 15) is 14.4 Å². The highest BCUT2D eigenvalue weighted by Crippen LogP contribution is 2.20. The summed E-state index contributed by atoms with van der Waals surface area (Å²) in [6.07, 6.45) is 1.46. The molecule has 0 saturated carbocycles. The minimum atomic E-state index is -0.458. The van der Waals surface area contributed by atoms with Gasteiger partial charge in [0.25, 0.3) is 11.8 Å². The molecular weight excluding hydrogens is 236 g/mol. The van der Waals surface area contributed by atoms with Crippen LogP contribution < -0.4 is 0 Å². The van der Waals surface area contributed by atoms with Crippen LogP contribution in [0.4, 0.5) is 0 Å². The molecule has 0 aromatic carbocycles. The average Bonchev–Trinajstić information content (AvgIpc) is 2.61. The van der Waals surface area contributed by atoms with Crippen LogP contribution >= 0.6 is 0 Å². The average molecular weight is 248 g/mol. The van der Waals surface area contributed by atoms with E-state index >= 15 is 0 Å². The molecule has 18 heavy (non-hydrogen) atoms. The van der Waals surface area contributed by atoms with E-state index in [1.807, 2.05) is 0 Å². The lowest BCUT2D eigenvalue weighted by Crippen LogP contribution is -2.32. The second kappa shape index (κ2) is 4.95. The Balaban J connectivity index is 2.07. The van der Waals surface area contributed by atoms with Crippen LogP contribution in [0, 0.1) is 0 Å². The summed E-state index contributed by atoms with van der Waals surface area (Å²) in [7, 11) is 0. The van der Waals surface area contributed by atoms with Crippen LogP contribution in [0.15, 0.2) is 18.3 Å². The zero-order valence-corrected chi connectivity index (χ0v) is 9.88. The first-order valence-electron chi connectivity index (χ1n) is 5.62. The second-order valence-corrected chi connectivity index (χ2v) is 3.72. The summed E-state index contributed by atoms with van der Waals surface area (Å²) in [5.41, 5.74) is 0.428. The molecule has 1 aliphatic heterocycles. The molecule has 94 valence electrons. The number of ether oxygens (including phenoxy) is 1. The van der Waals surface area contributed by atoms with Gasteiger partial charge in [-0.15, -0.1) is 0 Å². The van der Waals surface area contributed by atoms with Gasteiger partial charge in [0.15, 0.2) is 0 Å². The number of amides is 2. The minimum absolute atomic E-state index is 0.000686. The van der Waals surface area contributed by atoms with E-state index in [2.05, 4.69) is 4.98 Å².